The maximum Gasteiger partial charge on any atom is 0.416 e. The van der Waals surface area contributed by atoms with Gasteiger partial charge < -0.3 is 24.3 Å². The first kappa shape index (κ1) is 40.1. The van der Waals surface area contributed by atoms with E-state index in [-0.39, 0.29) is 35.3 Å². The molecule has 0 saturated carbocycles. The van der Waals surface area contributed by atoms with Crippen LogP contribution in [0.2, 0.25) is 0 Å². The van der Waals surface area contributed by atoms with Crippen molar-refractivity contribution >= 4 is 17.7 Å². The number of carbonyl (C=O) groups excluding carboxylic acids is 3. The van der Waals surface area contributed by atoms with Crippen LogP contribution in [-0.2, 0) is 31.4 Å². The van der Waals surface area contributed by atoms with Crippen LogP contribution in [0.4, 0.5) is 26.3 Å². The molecule has 0 saturated heterocycles. The first-order chi connectivity index (χ1) is 24.0. The molecule has 0 aromatic heterocycles. The Bertz CT molecular complexity index is 1840. The first-order valence-corrected chi connectivity index (χ1v) is 15.2. The van der Waals surface area contributed by atoms with E-state index in [0.29, 0.717) is 22.4 Å². The molecule has 0 amide bonds. The Morgan fingerprint density at radius 2 is 1.12 bits per heavy atom. The summed E-state index contributed by atoms with van der Waals surface area (Å²) < 4.78 is 97.8. The van der Waals surface area contributed by atoms with E-state index in [0.717, 1.165) is 29.8 Å². The van der Waals surface area contributed by atoms with Gasteiger partial charge in [0, 0.05) is 22.7 Å². The molecule has 0 radical (unpaired) electrons. The number of ether oxygens (including phenoxy) is 4. The summed E-state index contributed by atoms with van der Waals surface area (Å²) in [4.78, 5) is 34.2. The number of methoxy groups -OCH3 is 2. The van der Waals surface area contributed by atoms with Gasteiger partial charge in [0.15, 0.2) is 19.0 Å². The second-order valence-corrected chi connectivity index (χ2v) is 10.9. The number of rotatable bonds is 11. The van der Waals surface area contributed by atoms with Crippen LogP contribution in [0.15, 0.2) is 84.9 Å². The summed E-state index contributed by atoms with van der Waals surface area (Å²) in [7, 11) is 4.21. The third-order valence-electron chi connectivity index (χ3n) is 7.47. The molecule has 272 valence electrons. The molecule has 0 aliphatic rings. The van der Waals surface area contributed by atoms with E-state index < -0.39 is 42.0 Å². The number of ketones is 1. The average molecular weight is 720 g/mol. The Hall–Kier alpha value is -5.37. The first-order valence-electron chi connectivity index (χ1n) is 15.2. The highest BCUT2D eigenvalue weighted by Crippen LogP contribution is 2.38. The quantitative estimate of drug-likeness (QED) is 0.0939. The third kappa shape index (κ3) is 11.3. The number of hydrogen-bond donors (Lipinski definition) is 1. The Morgan fingerprint density at radius 1 is 0.667 bits per heavy atom. The van der Waals surface area contributed by atoms with Gasteiger partial charge in [0.25, 0.3) is 0 Å². The number of hydrogen-bond acceptors (Lipinski definition) is 8. The number of carbonyl (C=O) groups is 3. The van der Waals surface area contributed by atoms with Crippen molar-refractivity contribution in [3.8, 4) is 33.8 Å². The van der Waals surface area contributed by atoms with Gasteiger partial charge in [-0.05, 0) is 92.2 Å². The molecular formula is C37H35F6NO7. The van der Waals surface area contributed by atoms with Gasteiger partial charge in [-0.15, -0.1) is 0 Å². The van der Waals surface area contributed by atoms with E-state index in [1.54, 1.807) is 31.3 Å². The zero-order valence-electron chi connectivity index (χ0n) is 28.2. The van der Waals surface area contributed by atoms with Gasteiger partial charge in [-0.25, -0.2) is 9.59 Å². The van der Waals surface area contributed by atoms with Crippen molar-refractivity contribution < 1.29 is 59.7 Å². The van der Waals surface area contributed by atoms with Gasteiger partial charge in [-0.2, -0.15) is 26.3 Å². The van der Waals surface area contributed by atoms with Crippen molar-refractivity contribution in [3.63, 3.8) is 0 Å². The van der Waals surface area contributed by atoms with E-state index in [1.807, 2.05) is 6.92 Å². The largest absolute Gasteiger partial charge is 0.481 e. The fourth-order valence-electron chi connectivity index (χ4n) is 4.55. The van der Waals surface area contributed by atoms with Crippen LogP contribution in [0, 0.1) is 0 Å². The molecule has 1 N–H and O–H groups in total. The van der Waals surface area contributed by atoms with Crippen molar-refractivity contribution in [2.45, 2.75) is 32.2 Å². The number of alkyl halides is 6. The summed E-state index contributed by atoms with van der Waals surface area (Å²) in [5.74, 6) is -0.970. The van der Waals surface area contributed by atoms with Crippen LogP contribution >= 0.6 is 0 Å². The molecule has 51 heavy (non-hydrogen) atoms. The summed E-state index contributed by atoms with van der Waals surface area (Å²) in [6.45, 7) is 2.55. The number of esters is 2. The molecule has 14 heteroatoms. The molecule has 0 heterocycles. The third-order valence-corrected chi connectivity index (χ3v) is 7.47. The summed E-state index contributed by atoms with van der Waals surface area (Å²) in [5.41, 5.74) is 0.950. The summed E-state index contributed by atoms with van der Waals surface area (Å²) in [5, 5.41) is 3.08. The number of benzene rings is 4. The highest BCUT2D eigenvalue weighted by atomic mass is 19.4. The lowest BCUT2D eigenvalue weighted by molar-refractivity contribution is -0.143. The smallest absolute Gasteiger partial charge is 0.416 e. The number of nitrogens with one attached hydrogen (secondary N) is 1. The van der Waals surface area contributed by atoms with Gasteiger partial charge in [0.1, 0.15) is 11.5 Å². The van der Waals surface area contributed by atoms with Crippen LogP contribution in [0.3, 0.4) is 0 Å². The van der Waals surface area contributed by atoms with Gasteiger partial charge in [-0.1, -0.05) is 30.3 Å². The molecule has 0 aliphatic heterocycles. The number of halogens is 6. The predicted octanol–water partition coefficient (Wildman–Crippen LogP) is 8.33. The maximum absolute atomic E-state index is 13.0. The summed E-state index contributed by atoms with van der Waals surface area (Å²) in [6, 6.07) is 19.2. The topological polar surface area (TPSA) is 100 Å². The highest BCUT2D eigenvalue weighted by Gasteiger charge is 2.31. The second kappa shape index (κ2) is 17.5. The molecule has 4 aromatic rings. The molecule has 0 fully saturated rings. The van der Waals surface area contributed by atoms with E-state index >= 15 is 0 Å². The van der Waals surface area contributed by atoms with Gasteiger partial charge >= 0.3 is 24.3 Å². The Balaban J connectivity index is 0.000000276. The van der Waals surface area contributed by atoms with Crippen molar-refractivity contribution in [2.75, 3.05) is 34.5 Å². The van der Waals surface area contributed by atoms with Gasteiger partial charge in [0.2, 0.25) is 0 Å². The summed E-state index contributed by atoms with van der Waals surface area (Å²) >= 11 is 0. The fourth-order valence-corrected chi connectivity index (χ4v) is 4.55. The van der Waals surface area contributed by atoms with Crippen LogP contribution in [0.1, 0.15) is 46.9 Å². The predicted molar refractivity (Wildman–Crippen MR) is 176 cm³/mol. The SMILES string of the molecule is CNC(C)c1ccc(OCC(=O)OC)c(-c2cccc(C(F)(F)F)c2)c1.COC(=O)COc1ccc(C(C)=O)cc1-c1cccc(C(F)(F)F)c1. The lowest BCUT2D eigenvalue weighted by Gasteiger charge is -2.17. The molecule has 1 atom stereocenters. The minimum Gasteiger partial charge on any atom is -0.481 e. The number of Topliss-reactive ketones (excluding diaryl/α,β-unsaturated/α-hetero) is 1. The Labute approximate surface area is 290 Å². The molecule has 0 aliphatic carbocycles. The highest BCUT2D eigenvalue weighted by molar-refractivity contribution is 5.96. The van der Waals surface area contributed by atoms with Crippen molar-refractivity contribution in [3.05, 3.63) is 107 Å². The molecule has 1 unspecified atom stereocenters. The molecule has 4 rings (SSSR count). The molecular weight excluding hydrogens is 684 g/mol. The van der Waals surface area contributed by atoms with E-state index in [1.165, 1.54) is 57.5 Å². The zero-order valence-corrected chi connectivity index (χ0v) is 28.2. The van der Waals surface area contributed by atoms with Gasteiger partial charge in [0.05, 0.1) is 25.3 Å². The van der Waals surface area contributed by atoms with Crippen LogP contribution in [0.5, 0.6) is 11.5 Å². The zero-order chi connectivity index (χ0) is 37.9. The van der Waals surface area contributed by atoms with E-state index in [9.17, 15) is 40.7 Å². The van der Waals surface area contributed by atoms with Crippen molar-refractivity contribution in [1.82, 2.24) is 5.32 Å². The maximum atomic E-state index is 13.0. The molecule has 4 aromatic carbocycles. The van der Waals surface area contributed by atoms with Gasteiger partial charge in [-0.3, -0.25) is 4.79 Å². The lowest BCUT2D eigenvalue weighted by atomic mass is 9.97. The lowest BCUT2D eigenvalue weighted by Crippen LogP contribution is -2.14. The summed E-state index contributed by atoms with van der Waals surface area (Å²) in [6.07, 6.45) is -8.94. The van der Waals surface area contributed by atoms with E-state index in [4.69, 9.17) is 9.47 Å². The Kier molecular flexibility index (Phi) is 13.8. The standard InChI is InChI=1S/C19H20F3NO3.C18H15F3O4/c1-12(23-2)13-7-8-17(26-11-18(24)25-3)16(10-13)14-5-4-6-15(9-14)19(20,21)22;1-11(22)12-6-7-16(25-10-17(23)24-2)15(9-12)13-4-3-5-14(8-13)18(19,20)21/h4-10,12,23H,11H2,1-3H3;3-9H,10H2,1-2H3. The van der Waals surface area contributed by atoms with E-state index in [2.05, 4.69) is 14.8 Å². The minimum atomic E-state index is -4.50. The van der Waals surface area contributed by atoms with Crippen LogP contribution < -0.4 is 14.8 Å². The molecule has 0 bridgehead atoms. The monoisotopic (exact) mass is 719 g/mol. The van der Waals surface area contributed by atoms with Crippen molar-refractivity contribution in [2.24, 2.45) is 0 Å². The molecule has 0 spiro atoms. The fraction of sp³-hybridized carbons (Fsp3) is 0.270. The van der Waals surface area contributed by atoms with Crippen LogP contribution in [-0.4, -0.2) is 52.2 Å². The second-order valence-electron chi connectivity index (χ2n) is 10.9. The normalized spacial score (nSPS) is 11.8. The average Bonchev–Trinajstić information content (AvgIpc) is 3.11. The van der Waals surface area contributed by atoms with Crippen molar-refractivity contribution in [1.29, 1.82) is 0 Å². The molecule has 8 nitrogen and oxygen atoms in total. The van der Waals surface area contributed by atoms with Crippen LogP contribution in [0.25, 0.3) is 22.3 Å². The minimum absolute atomic E-state index is 0.00536. The Morgan fingerprint density at radius 3 is 1.53 bits per heavy atom.